The van der Waals surface area contributed by atoms with Crippen LogP contribution in [0.15, 0.2) is 23.3 Å². The summed E-state index contributed by atoms with van der Waals surface area (Å²) >= 11 is 0. The number of nitrogens with one attached hydrogen (secondary N) is 1. The smallest absolute Gasteiger partial charge is 0.301 e. The average molecular weight is 326 g/mol. The van der Waals surface area contributed by atoms with Gasteiger partial charge in [0.15, 0.2) is 0 Å². The van der Waals surface area contributed by atoms with E-state index >= 15 is 0 Å². The molecule has 0 bridgehead atoms. The zero-order valence-corrected chi connectivity index (χ0v) is 12.5. The van der Waals surface area contributed by atoms with Crippen molar-refractivity contribution >= 4 is 23.3 Å². The van der Waals surface area contributed by atoms with Crippen LogP contribution in [0.1, 0.15) is 19.8 Å². The standard InChI is InChI=1S/C13H18N4O6/c1-2-5-13(8-18,9-19)7-14-15-11-4-3-10(16(20)21)6-12(11)17(22)23/h3-4,6-7,15,18-19H,2,5,8-9H2,1H3/b14-7+. The maximum atomic E-state index is 11.0. The van der Waals surface area contributed by atoms with Crippen molar-refractivity contribution in [2.45, 2.75) is 19.8 Å². The van der Waals surface area contributed by atoms with Gasteiger partial charge in [-0.1, -0.05) is 13.3 Å². The first-order valence-electron chi connectivity index (χ1n) is 6.84. The number of hydrogen-bond donors (Lipinski definition) is 3. The zero-order valence-electron chi connectivity index (χ0n) is 12.5. The summed E-state index contributed by atoms with van der Waals surface area (Å²) in [6, 6.07) is 3.12. The summed E-state index contributed by atoms with van der Waals surface area (Å²) in [6.45, 7) is 1.22. The molecule has 1 rings (SSSR count). The van der Waals surface area contributed by atoms with Gasteiger partial charge >= 0.3 is 5.69 Å². The van der Waals surface area contributed by atoms with Crippen molar-refractivity contribution in [3.8, 4) is 0 Å². The van der Waals surface area contributed by atoms with Gasteiger partial charge in [0.2, 0.25) is 0 Å². The minimum Gasteiger partial charge on any atom is -0.395 e. The van der Waals surface area contributed by atoms with Crippen LogP contribution < -0.4 is 5.43 Å². The number of nitrogens with zero attached hydrogens (tertiary/aromatic N) is 3. The number of nitro benzene ring substituents is 2. The highest BCUT2D eigenvalue weighted by molar-refractivity contribution is 5.70. The lowest BCUT2D eigenvalue weighted by molar-refractivity contribution is -0.393. The first-order valence-corrected chi connectivity index (χ1v) is 6.84. The van der Waals surface area contributed by atoms with Crippen molar-refractivity contribution in [3.63, 3.8) is 0 Å². The van der Waals surface area contributed by atoms with E-state index in [4.69, 9.17) is 0 Å². The predicted molar refractivity (Wildman–Crippen MR) is 83.4 cm³/mol. The van der Waals surface area contributed by atoms with Gasteiger partial charge in [-0.25, -0.2) is 0 Å². The third kappa shape index (κ3) is 4.69. The van der Waals surface area contributed by atoms with Crippen LogP contribution in [0.25, 0.3) is 0 Å². The molecule has 1 aromatic carbocycles. The van der Waals surface area contributed by atoms with Gasteiger partial charge in [0, 0.05) is 12.3 Å². The Morgan fingerprint density at radius 3 is 2.39 bits per heavy atom. The third-order valence-electron chi connectivity index (χ3n) is 3.29. The molecule has 0 unspecified atom stereocenters. The molecule has 0 heterocycles. The Labute approximate surface area is 131 Å². The van der Waals surface area contributed by atoms with E-state index in [1.807, 2.05) is 6.92 Å². The van der Waals surface area contributed by atoms with Gasteiger partial charge in [0.05, 0.1) is 34.5 Å². The van der Waals surface area contributed by atoms with E-state index in [1.54, 1.807) is 0 Å². The number of rotatable bonds is 9. The fourth-order valence-electron chi connectivity index (χ4n) is 1.97. The molecule has 0 fully saturated rings. The molecule has 3 N–H and O–H groups in total. The molecule has 0 aliphatic heterocycles. The van der Waals surface area contributed by atoms with Crippen molar-refractivity contribution < 1.29 is 20.1 Å². The fraction of sp³-hybridized carbons (Fsp3) is 0.462. The first kappa shape index (κ1) is 18.5. The largest absolute Gasteiger partial charge is 0.395 e. The molecule has 0 amide bonds. The maximum absolute atomic E-state index is 11.0. The molecule has 0 spiro atoms. The minimum absolute atomic E-state index is 0.0295. The van der Waals surface area contributed by atoms with Crippen LogP contribution in [-0.2, 0) is 0 Å². The lowest BCUT2D eigenvalue weighted by atomic mass is 9.86. The van der Waals surface area contributed by atoms with Gasteiger partial charge in [-0.2, -0.15) is 5.10 Å². The summed E-state index contributed by atoms with van der Waals surface area (Å²) in [4.78, 5) is 20.1. The minimum atomic E-state index is -0.933. The summed E-state index contributed by atoms with van der Waals surface area (Å²) in [5.74, 6) is 0. The van der Waals surface area contributed by atoms with E-state index in [0.717, 1.165) is 12.1 Å². The molecule has 0 aliphatic rings. The molecule has 23 heavy (non-hydrogen) atoms. The number of benzene rings is 1. The zero-order chi connectivity index (χ0) is 17.5. The molecule has 0 atom stereocenters. The van der Waals surface area contributed by atoms with Gasteiger partial charge in [-0.3, -0.25) is 25.7 Å². The number of aliphatic hydroxyl groups excluding tert-OH is 2. The lowest BCUT2D eigenvalue weighted by Crippen LogP contribution is -2.31. The first-order chi connectivity index (χ1) is 10.9. The van der Waals surface area contributed by atoms with Gasteiger partial charge < -0.3 is 10.2 Å². The number of hydrogen-bond acceptors (Lipinski definition) is 8. The second-order valence-electron chi connectivity index (χ2n) is 5.01. The monoisotopic (exact) mass is 326 g/mol. The number of hydrazone groups is 1. The quantitative estimate of drug-likeness (QED) is 0.354. The van der Waals surface area contributed by atoms with Crippen LogP contribution in [0, 0.1) is 25.6 Å². The fourth-order valence-corrected chi connectivity index (χ4v) is 1.97. The summed E-state index contributed by atoms with van der Waals surface area (Å²) in [7, 11) is 0. The van der Waals surface area contributed by atoms with E-state index in [9.17, 15) is 30.4 Å². The van der Waals surface area contributed by atoms with Crippen LogP contribution in [0.3, 0.4) is 0 Å². The Morgan fingerprint density at radius 1 is 1.26 bits per heavy atom. The molecule has 0 radical (unpaired) electrons. The van der Waals surface area contributed by atoms with Crippen molar-refractivity contribution in [1.29, 1.82) is 0 Å². The van der Waals surface area contributed by atoms with Crippen LogP contribution in [0.4, 0.5) is 17.1 Å². The molecule has 0 aromatic heterocycles. The van der Waals surface area contributed by atoms with Gasteiger partial charge in [0.25, 0.3) is 5.69 Å². The summed E-state index contributed by atoms with van der Waals surface area (Å²) in [5.41, 5.74) is 0.563. The van der Waals surface area contributed by atoms with Crippen molar-refractivity contribution in [3.05, 3.63) is 38.4 Å². The van der Waals surface area contributed by atoms with Gasteiger partial charge in [0.1, 0.15) is 5.69 Å². The normalized spacial score (nSPS) is 11.6. The van der Waals surface area contributed by atoms with Crippen molar-refractivity contribution in [1.82, 2.24) is 0 Å². The van der Waals surface area contributed by atoms with Crippen LogP contribution in [-0.4, -0.2) is 39.5 Å². The summed E-state index contributed by atoms with van der Waals surface area (Å²) in [5, 5.41) is 44.2. The van der Waals surface area contributed by atoms with Crippen LogP contribution in [0.2, 0.25) is 0 Å². The number of non-ortho nitro benzene ring substituents is 1. The second kappa shape index (κ2) is 8.15. The Balaban J connectivity index is 3.02. The van der Waals surface area contributed by atoms with E-state index in [0.29, 0.717) is 12.8 Å². The Kier molecular flexibility index (Phi) is 6.54. The molecule has 0 saturated carbocycles. The van der Waals surface area contributed by atoms with Gasteiger partial charge in [-0.15, -0.1) is 0 Å². The topological polar surface area (TPSA) is 151 Å². The molecule has 10 nitrogen and oxygen atoms in total. The predicted octanol–water partition coefficient (Wildman–Crippen LogP) is 1.67. The second-order valence-corrected chi connectivity index (χ2v) is 5.01. The number of aliphatic hydroxyl groups is 2. The SMILES string of the molecule is CCCC(/C=N/Nc1ccc([N+](=O)[O-])cc1[N+](=O)[O-])(CO)CO. The molecule has 0 saturated heterocycles. The number of anilines is 1. The molecular weight excluding hydrogens is 308 g/mol. The Hall–Kier alpha value is -2.59. The molecule has 10 heteroatoms. The highest BCUT2D eigenvalue weighted by atomic mass is 16.6. The van der Waals surface area contributed by atoms with E-state index in [-0.39, 0.29) is 18.9 Å². The highest BCUT2D eigenvalue weighted by Gasteiger charge is 2.26. The Morgan fingerprint density at radius 2 is 1.91 bits per heavy atom. The molecule has 0 aliphatic carbocycles. The summed E-state index contributed by atoms with van der Waals surface area (Å²) in [6.07, 6.45) is 2.47. The summed E-state index contributed by atoms with van der Waals surface area (Å²) < 4.78 is 0. The van der Waals surface area contributed by atoms with Crippen molar-refractivity contribution in [2.24, 2.45) is 10.5 Å². The average Bonchev–Trinajstić information content (AvgIpc) is 2.53. The Bertz CT molecular complexity index is 600. The molecular formula is C13H18N4O6. The van der Waals surface area contributed by atoms with Gasteiger partial charge in [-0.05, 0) is 12.5 Å². The highest BCUT2D eigenvalue weighted by Crippen LogP contribution is 2.29. The maximum Gasteiger partial charge on any atom is 0.301 e. The molecule has 126 valence electrons. The van der Waals surface area contributed by atoms with Crippen molar-refractivity contribution in [2.75, 3.05) is 18.6 Å². The van der Waals surface area contributed by atoms with E-state index in [2.05, 4.69) is 10.5 Å². The van der Waals surface area contributed by atoms with E-state index in [1.165, 1.54) is 12.3 Å². The lowest BCUT2D eigenvalue weighted by Gasteiger charge is -2.24. The third-order valence-corrected chi connectivity index (χ3v) is 3.29. The molecule has 1 aromatic rings. The van der Waals surface area contributed by atoms with Crippen LogP contribution >= 0.6 is 0 Å². The number of nitro groups is 2. The van der Waals surface area contributed by atoms with E-state index < -0.39 is 26.6 Å². The van der Waals surface area contributed by atoms with Crippen LogP contribution in [0.5, 0.6) is 0 Å².